The maximum absolute atomic E-state index is 12.8. The molecule has 0 aromatic heterocycles. The molecule has 28 heavy (non-hydrogen) atoms. The van der Waals surface area contributed by atoms with Crippen LogP contribution in [0.2, 0.25) is 0 Å². The first-order valence-corrected chi connectivity index (χ1v) is 11.6. The van der Waals surface area contributed by atoms with Crippen LogP contribution in [0.1, 0.15) is 30.9 Å². The van der Waals surface area contributed by atoms with Gasteiger partial charge in [0.1, 0.15) is 0 Å². The third-order valence-corrected chi connectivity index (χ3v) is 6.85. The minimum atomic E-state index is -3.05. The standard InChI is InChI=1S/C20H31N3O4S/c1-5-10-23(17-9-11-28(26,27)14-17)19(25)13-22(4)12-18(24)21-20-15(2)7-6-8-16(20)3/h6-8,17H,5,9-14H2,1-4H3,(H,21,24)/p+1/t17-/m0/s1. The summed E-state index contributed by atoms with van der Waals surface area (Å²) in [4.78, 5) is 27.6. The van der Waals surface area contributed by atoms with E-state index in [2.05, 4.69) is 5.32 Å². The third kappa shape index (κ3) is 6.04. The lowest BCUT2D eigenvalue weighted by Crippen LogP contribution is -3.11. The predicted molar refractivity (Wildman–Crippen MR) is 110 cm³/mol. The molecule has 1 fully saturated rings. The average molecular weight is 411 g/mol. The van der Waals surface area contributed by atoms with Crippen LogP contribution >= 0.6 is 0 Å². The average Bonchev–Trinajstić information content (AvgIpc) is 2.95. The van der Waals surface area contributed by atoms with Crippen LogP contribution in [0.3, 0.4) is 0 Å². The Morgan fingerprint density at radius 1 is 1.21 bits per heavy atom. The maximum atomic E-state index is 12.8. The fourth-order valence-corrected chi connectivity index (χ4v) is 5.40. The minimum absolute atomic E-state index is 0.0465. The van der Waals surface area contributed by atoms with E-state index < -0.39 is 9.84 Å². The van der Waals surface area contributed by atoms with Gasteiger partial charge in [-0.15, -0.1) is 0 Å². The van der Waals surface area contributed by atoms with Gasteiger partial charge in [-0.3, -0.25) is 9.59 Å². The van der Waals surface area contributed by atoms with E-state index in [1.807, 2.05) is 39.0 Å². The number of carbonyl (C=O) groups excluding carboxylic acids is 2. The molecule has 2 rings (SSSR count). The fraction of sp³-hybridized carbons (Fsp3) is 0.600. The number of quaternary nitrogens is 1. The fourth-order valence-electron chi connectivity index (χ4n) is 3.66. The molecular formula is C20H32N3O4S+. The van der Waals surface area contributed by atoms with Gasteiger partial charge >= 0.3 is 0 Å². The molecule has 1 heterocycles. The van der Waals surface area contributed by atoms with Crippen LogP contribution in [0.25, 0.3) is 0 Å². The number of para-hydroxylation sites is 1. The number of likely N-dealkylation sites (N-methyl/N-ethyl adjacent to an activating group) is 1. The number of aryl methyl sites for hydroxylation is 2. The normalized spacial score (nSPS) is 19.2. The van der Waals surface area contributed by atoms with Gasteiger partial charge in [0.05, 0.1) is 18.6 Å². The van der Waals surface area contributed by atoms with E-state index >= 15 is 0 Å². The first-order valence-electron chi connectivity index (χ1n) is 9.80. The van der Waals surface area contributed by atoms with E-state index in [0.29, 0.717) is 13.0 Å². The Balaban J connectivity index is 1.93. The number of amides is 2. The molecule has 1 saturated heterocycles. The predicted octanol–water partition coefficient (Wildman–Crippen LogP) is 0.182. The van der Waals surface area contributed by atoms with Crippen molar-refractivity contribution in [1.29, 1.82) is 0 Å². The summed E-state index contributed by atoms with van der Waals surface area (Å²) in [5.41, 5.74) is 2.81. The minimum Gasteiger partial charge on any atom is -0.334 e. The van der Waals surface area contributed by atoms with Crippen LogP contribution in [0, 0.1) is 13.8 Å². The van der Waals surface area contributed by atoms with Gasteiger partial charge in [0, 0.05) is 18.3 Å². The summed E-state index contributed by atoms with van der Waals surface area (Å²) in [6, 6.07) is 5.60. The van der Waals surface area contributed by atoms with E-state index in [-0.39, 0.29) is 42.5 Å². The molecule has 1 aromatic rings. The van der Waals surface area contributed by atoms with E-state index in [0.717, 1.165) is 28.1 Å². The molecule has 0 spiro atoms. The lowest BCUT2D eigenvalue weighted by molar-refractivity contribution is -0.862. The molecule has 1 aliphatic heterocycles. The highest BCUT2D eigenvalue weighted by molar-refractivity contribution is 7.91. The zero-order valence-corrected chi connectivity index (χ0v) is 18.1. The number of hydrogen-bond acceptors (Lipinski definition) is 4. The van der Waals surface area contributed by atoms with Crippen molar-refractivity contribution in [2.24, 2.45) is 0 Å². The van der Waals surface area contributed by atoms with Crippen LogP contribution in [0.15, 0.2) is 18.2 Å². The molecule has 2 N–H and O–H groups in total. The summed E-state index contributed by atoms with van der Waals surface area (Å²) < 4.78 is 23.5. The number of nitrogens with one attached hydrogen (secondary N) is 2. The van der Waals surface area contributed by atoms with E-state index in [9.17, 15) is 18.0 Å². The SMILES string of the molecule is CCCN(C(=O)C[NH+](C)CC(=O)Nc1c(C)cccc1C)[C@H]1CCS(=O)(=O)C1. The van der Waals surface area contributed by atoms with Gasteiger partial charge in [-0.25, -0.2) is 8.42 Å². The Morgan fingerprint density at radius 3 is 2.39 bits per heavy atom. The van der Waals surface area contributed by atoms with Gasteiger partial charge in [-0.1, -0.05) is 25.1 Å². The highest BCUT2D eigenvalue weighted by atomic mass is 32.2. The van der Waals surface area contributed by atoms with Gasteiger partial charge in [0.2, 0.25) is 0 Å². The largest absolute Gasteiger partial charge is 0.334 e. The van der Waals surface area contributed by atoms with Crippen molar-refractivity contribution in [2.45, 2.75) is 39.7 Å². The van der Waals surface area contributed by atoms with Crippen LogP contribution in [0.4, 0.5) is 5.69 Å². The number of anilines is 1. The smallest absolute Gasteiger partial charge is 0.279 e. The first kappa shape index (κ1) is 22.4. The maximum Gasteiger partial charge on any atom is 0.279 e. The van der Waals surface area contributed by atoms with Gasteiger partial charge in [-0.2, -0.15) is 0 Å². The molecule has 1 aliphatic rings. The second-order valence-corrected chi connectivity index (χ2v) is 10.00. The number of nitrogens with zero attached hydrogens (tertiary/aromatic N) is 1. The molecule has 8 heteroatoms. The Kier molecular flexibility index (Phi) is 7.60. The summed E-state index contributed by atoms with van der Waals surface area (Å²) in [6.07, 6.45) is 1.27. The molecule has 2 amide bonds. The van der Waals surface area contributed by atoms with Crippen LogP contribution in [-0.4, -0.2) is 69.4 Å². The molecule has 156 valence electrons. The van der Waals surface area contributed by atoms with Gasteiger partial charge < -0.3 is 15.1 Å². The molecular weight excluding hydrogens is 378 g/mol. The number of rotatable bonds is 8. The molecule has 0 bridgehead atoms. The van der Waals surface area contributed by atoms with Gasteiger partial charge in [-0.05, 0) is 37.8 Å². The Morgan fingerprint density at radius 2 is 1.86 bits per heavy atom. The van der Waals surface area contributed by atoms with Crippen molar-refractivity contribution in [3.63, 3.8) is 0 Å². The molecule has 0 radical (unpaired) electrons. The Bertz CT molecular complexity index is 802. The first-order chi connectivity index (χ1) is 13.1. The zero-order chi connectivity index (χ0) is 20.9. The highest BCUT2D eigenvalue weighted by Gasteiger charge is 2.35. The van der Waals surface area contributed by atoms with Crippen molar-refractivity contribution in [3.8, 4) is 0 Å². The van der Waals surface area contributed by atoms with E-state index in [4.69, 9.17) is 0 Å². The number of sulfone groups is 1. The number of benzene rings is 1. The Labute approximate surface area is 168 Å². The zero-order valence-electron chi connectivity index (χ0n) is 17.2. The van der Waals surface area contributed by atoms with E-state index in [1.54, 1.807) is 11.9 Å². The molecule has 2 atom stereocenters. The summed E-state index contributed by atoms with van der Waals surface area (Å²) in [5, 5.41) is 2.94. The van der Waals surface area contributed by atoms with Crippen LogP contribution in [0.5, 0.6) is 0 Å². The summed E-state index contributed by atoms with van der Waals surface area (Å²) >= 11 is 0. The van der Waals surface area contributed by atoms with Gasteiger partial charge in [0.15, 0.2) is 22.9 Å². The number of carbonyl (C=O) groups is 2. The summed E-state index contributed by atoms with van der Waals surface area (Å²) in [5.74, 6) is -0.0499. The third-order valence-electron chi connectivity index (χ3n) is 5.09. The molecule has 0 saturated carbocycles. The monoisotopic (exact) mass is 410 g/mol. The number of hydrogen-bond donors (Lipinski definition) is 2. The van der Waals surface area contributed by atoms with Crippen molar-refractivity contribution >= 4 is 27.3 Å². The molecule has 1 aromatic carbocycles. The van der Waals surface area contributed by atoms with Crippen molar-refractivity contribution < 1.29 is 22.9 Å². The second-order valence-electron chi connectivity index (χ2n) is 7.77. The summed E-state index contributed by atoms with van der Waals surface area (Å²) in [6.45, 7) is 6.74. The molecule has 7 nitrogen and oxygen atoms in total. The van der Waals surface area contributed by atoms with Crippen molar-refractivity contribution in [1.82, 2.24) is 4.90 Å². The quantitative estimate of drug-likeness (QED) is 0.640. The highest BCUT2D eigenvalue weighted by Crippen LogP contribution is 2.19. The summed E-state index contributed by atoms with van der Waals surface area (Å²) in [7, 11) is -1.24. The van der Waals surface area contributed by atoms with Crippen molar-refractivity contribution in [3.05, 3.63) is 29.3 Å². The second kappa shape index (κ2) is 9.52. The molecule has 1 unspecified atom stereocenters. The van der Waals surface area contributed by atoms with Gasteiger partial charge in [0.25, 0.3) is 11.8 Å². The van der Waals surface area contributed by atoms with Crippen LogP contribution < -0.4 is 10.2 Å². The van der Waals surface area contributed by atoms with E-state index in [1.165, 1.54) is 0 Å². The van der Waals surface area contributed by atoms with Crippen LogP contribution in [-0.2, 0) is 19.4 Å². The lowest BCUT2D eigenvalue weighted by Gasteiger charge is -2.28. The van der Waals surface area contributed by atoms with Crippen molar-refractivity contribution in [2.75, 3.05) is 43.5 Å². The topological polar surface area (TPSA) is 88.0 Å². The Hall–Kier alpha value is -1.93. The lowest BCUT2D eigenvalue weighted by atomic mass is 10.1. The molecule has 0 aliphatic carbocycles.